The normalized spacial score (nSPS) is 13.2. The van der Waals surface area contributed by atoms with Crippen molar-refractivity contribution in [2.45, 2.75) is 18.6 Å². The molecule has 1 rings (SSSR count). The number of nitrogens with one attached hydrogen (secondary N) is 2. The third-order valence-electron chi connectivity index (χ3n) is 2.68. The van der Waals surface area contributed by atoms with Gasteiger partial charge in [-0.2, -0.15) is 11.8 Å². The Balaban J connectivity index is 2.28. The molecular formula is C13H21ClN4S. The van der Waals surface area contributed by atoms with Crippen LogP contribution in [-0.2, 0) is 6.42 Å². The lowest BCUT2D eigenvalue weighted by Gasteiger charge is -2.14. The molecule has 6 heteroatoms. The van der Waals surface area contributed by atoms with Gasteiger partial charge in [0, 0.05) is 31.6 Å². The van der Waals surface area contributed by atoms with E-state index < -0.39 is 0 Å². The van der Waals surface area contributed by atoms with Crippen LogP contribution >= 0.6 is 23.4 Å². The molecule has 19 heavy (non-hydrogen) atoms. The van der Waals surface area contributed by atoms with Crippen molar-refractivity contribution < 1.29 is 0 Å². The molecule has 0 aliphatic carbocycles. The van der Waals surface area contributed by atoms with Gasteiger partial charge >= 0.3 is 0 Å². The van der Waals surface area contributed by atoms with Gasteiger partial charge in [0.15, 0.2) is 5.96 Å². The van der Waals surface area contributed by atoms with Crippen LogP contribution in [0, 0.1) is 0 Å². The summed E-state index contributed by atoms with van der Waals surface area (Å²) in [5.74, 6) is 0.836. The highest BCUT2D eigenvalue weighted by Gasteiger charge is 2.02. The topological polar surface area (TPSA) is 49.3 Å². The van der Waals surface area contributed by atoms with E-state index in [1.54, 1.807) is 13.2 Å². The second-order valence-corrected chi connectivity index (χ2v) is 5.83. The minimum atomic E-state index is 0.528. The summed E-state index contributed by atoms with van der Waals surface area (Å²) in [5.41, 5.74) is 1.16. The summed E-state index contributed by atoms with van der Waals surface area (Å²) >= 11 is 7.58. The summed E-state index contributed by atoms with van der Waals surface area (Å²) in [6.07, 6.45) is 4.80. The first-order chi connectivity index (χ1) is 9.15. The molecule has 1 atom stereocenters. The molecule has 1 heterocycles. The maximum absolute atomic E-state index is 5.75. The van der Waals surface area contributed by atoms with Crippen LogP contribution in [0.1, 0.15) is 12.5 Å². The van der Waals surface area contributed by atoms with Gasteiger partial charge in [-0.3, -0.25) is 4.99 Å². The van der Waals surface area contributed by atoms with E-state index in [-0.39, 0.29) is 0 Å². The Morgan fingerprint density at radius 3 is 2.84 bits per heavy atom. The van der Waals surface area contributed by atoms with Gasteiger partial charge in [-0.25, -0.2) is 4.98 Å². The highest BCUT2D eigenvalue weighted by atomic mass is 35.5. The smallest absolute Gasteiger partial charge is 0.191 e. The summed E-state index contributed by atoms with van der Waals surface area (Å²) in [5, 5.41) is 7.67. The molecule has 0 amide bonds. The lowest BCUT2D eigenvalue weighted by Crippen LogP contribution is -2.40. The third-order valence-corrected chi connectivity index (χ3v) is 3.87. The van der Waals surface area contributed by atoms with Crippen LogP contribution in [0.3, 0.4) is 0 Å². The SMILES string of the molecule is CN=C(NCCc1ccc(Cl)nc1)NCC(C)SC. The molecule has 0 bridgehead atoms. The van der Waals surface area contributed by atoms with Crippen molar-refractivity contribution in [1.29, 1.82) is 0 Å². The van der Waals surface area contributed by atoms with E-state index in [9.17, 15) is 0 Å². The first-order valence-electron chi connectivity index (χ1n) is 6.23. The van der Waals surface area contributed by atoms with Gasteiger partial charge in [0.1, 0.15) is 5.15 Å². The summed E-state index contributed by atoms with van der Waals surface area (Å²) in [4.78, 5) is 8.24. The lowest BCUT2D eigenvalue weighted by molar-refractivity contribution is 0.780. The van der Waals surface area contributed by atoms with E-state index in [1.807, 2.05) is 23.9 Å². The number of aliphatic imine (C=N–C) groups is 1. The fourth-order valence-electron chi connectivity index (χ4n) is 1.42. The highest BCUT2D eigenvalue weighted by molar-refractivity contribution is 7.99. The number of hydrogen-bond donors (Lipinski definition) is 2. The van der Waals surface area contributed by atoms with E-state index in [4.69, 9.17) is 11.6 Å². The van der Waals surface area contributed by atoms with Crippen molar-refractivity contribution in [3.8, 4) is 0 Å². The third kappa shape index (κ3) is 6.68. The van der Waals surface area contributed by atoms with Crippen LogP contribution in [-0.4, -0.2) is 42.6 Å². The quantitative estimate of drug-likeness (QED) is 0.480. The molecule has 0 aliphatic heterocycles. The molecule has 0 aliphatic rings. The Bertz CT molecular complexity index is 394. The van der Waals surface area contributed by atoms with Crippen LogP contribution in [0.5, 0.6) is 0 Å². The molecule has 0 spiro atoms. The van der Waals surface area contributed by atoms with Gasteiger partial charge in [0.2, 0.25) is 0 Å². The Labute approximate surface area is 124 Å². The summed E-state index contributed by atoms with van der Waals surface area (Å²) in [6, 6.07) is 3.80. The number of hydrogen-bond acceptors (Lipinski definition) is 3. The van der Waals surface area contributed by atoms with E-state index in [0.717, 1.165) is 31.0 Å². The van der Waals surface area contributed by atoms with Gasteiger partial charge in [-0.1, -0.05) is 24.6 Å². The molecule has 0 radical (unpaired) electrons. The van der Waals surface area contributed by atoms with Crippen LogP contribution < -0.4 is 10.6 Å². The first-order valence-corrected chi connectivity index (χ1v) is 7.90. The molecule has 0 fully saturated rings. The van der Waals surface area contributed by atoms with Gasteiger partial charge in [0.25, 0.3) is 0 Å². The van der Waals surface area contributed by atoms with E-state index in [0.29, 0.717) is 10.4 Å². The van der Waals surface area contributed by atoms with Gasteiger partial charge in [0.05, 0.1) is 0 Å². The molecule has 1 aromatic rings. The number of halogens is 1. The van der Waals surface area contributed by atoms with Crippen LogP contribution in [0.25, 0.3) is 0 Å². The minimum absolute atomic E-state index is 0.528. The average Bonchev–Trinajstić information content (AvgIpc) is 2.44. The van der Waals surface area contributed by atoms with Crippen molar-refractivity contribution in [3.63, 3.8) is 0 Å². The second kappa shape index (κ2) is 9.04. The van der Waals surface area contributed by atoms with E-state index >= 15 is 0 Å². The van der Waals surface area contributed by atoms with Crippen LogP contribution in [0.15, 0.2) is 23.3 Å². The Morgan fingerprint density at radius 2 is 2.26 bits per heavy atom. The summed E-state index contributed by atoms with van der Waals surface area (Å²) < 4.78 is 0. The fourth-order valence-corrected chi connectivity index (χ4v) is 1.79. The zero-order valence-electron chi connectivity index (χ0n) is 11.6. The molecule has 4 nitrogen and oxygen atoms in total. The Morgan fingerprint density at radius 1 is 1.47 bits per heavy atom. The van der Waals surface area contributed by atoms with Gasteiger partial charge in [-0.15, -0.1) is 0 Å². The second-order valence-electron chi connectivity index (χ2n) is 4.17. The number of aromatic nitrogens is 1. The number of nitrogens with zero attached hydrogens (tertiary/aromatic N) is 2. The van der Waals surface area contributed by atoms with Crippen molar-refractivity contribution in [2.75, 3.05) is 26.4 Å². The molecular weight excluding hydrogens is 280 g/mol. The molecule has 0 saturated heterocycles. The zero-order chi connectivity index (χ0) is 14.1. The first kappa shape index (κ1) is 16.1. The standard InChI is InChI=1S/C13H21ClN4S/c1-10(19-3)8-18-13(15-2)16-7-6-11-4-5-12(14)17-9-11/h4-5,9-10H,6-8H2,1-3H3,(H2,15,16,18). The van der Waals surface area contributed by atoms with Crippen LogP contribution in [0.2, 0.25) is 5.15 Å². The van der Waals surface area contributed by atoms with Crippen LogP contribution in [0.4, 0.5) is 0 Å². The zero-order valence-corrected chi connectivity index (χ0v) is 13.2. The predicted molar refractivity (Wildman–Crippen MR) is 85.3 cm³/mol. The van der Waals surface area contributed by atoms with E-state index in [2.05, 4.69) is 33.8 Å². The maximum atomic E-state index is 5.75. The largest absolute Gasteiger partial charge is 0.356 e. The minimum Gasteiger partial charge on any atom is -0.356 e. The number of pyridine rings is 1. The molecule has 106 valence electrons. The summed E-state index contributed by atoms with van der Waals surface area (Å²) in [7, 11) is 1.78. The Hall–Kier alpha value is -0.940. The van der Waals surface area contributed by atoms with Crippen molar-refractivity contribution >= 4 is 29.3 Å². The summed E-state index contributed by atoms with van der Waals surface area (Å²) in [6.45, 7) is 3.91. The molecule has 2 N–H and O–H groups in total. The van der Waals surface area contributed by atoms with Gasteiger partial charge in [-0.05, 0) is 24.3 Å². The highest BCUT2D eigenvalue weighted by Crippen LogP contribution is 2.05. The number of guanidine groups is 1. The number of rotatable bonds is 6. The number of thioether (sulfide) groups is 1. The monoisotopic (exact) mass is 300 g/mol. The fraction of sp³-hybridized carbons (Fsp3) is 0.538. The average molecular weight is 301 g/mol. The lowest BCUT2D eigenvalue weighted by atomic mass is 10.2. The van der Waals surface area contributed by atoms with Crippen molar-refractivity contribution in [2.24, 2.45) is 4.99 Å². The molecule has 0 aromatic carbocycles. The maximum Gasteiger partial charge on any atom is 0.191 e. The Kier molecular flexibility index (Phi) is 7.67. The van der Waals surface area contributed by atoms with E-state index in [1.165, 1.54) is 0 Å². The molecule has 1 unspecified atom stereocenters. The van der Waals surface area contributed by atoms with Gasteiger partial charge < -0.3 is 10.6 Å². The van der Waals surface area contributed by atoms with Crippen molar-refractivity contribution in [1.82, 2.24) is 15.6 Å². The van der Waals surface area contributed by atoms with Crippen molar-refractivity contribution in [3.05, 3.63) is 29.0 Å². The molecule has 1 aromatic heterocycles. The predicted octanol–water partition coefficient (Wildman–Crippen LogP) is 2.19. The molecule has 0 saturated carbocycles.